The average molecular weight is 352 g/mol. The van der Waals surface area contributed by atoms with Crippen LogP contribution in [-0.2, 0) is 0 Å². The Balaban J connectivity index is 1.76. The summed E-state index contributed by atoms with van der Waals surface area (Å²) in [5, 5.41) is 4.55. The number of hydrogen-bond donors (Lipinski definition) is 0. The summed E-state index contributed by atoms with van der Waals surface area (Å²) >= 11 is 1.75. The third kappa shape index (κ3) is 2.65. The van der Waals surface area contributed by atoms with Gasteiger partial charge in [0, 0.05) is 16.0 Å². The zero-order valence-corrected chi connectivity index (χ0v) is 14.9. The lowest BCUT2D eigenvalue weighted by Crippen LogP contribution is -2.04. The summed E-state index contributed by atoms with van der Waals surface area (Å²) in [6.45, 7) is 0. The van der Waals surface area contributed by atoms with E-state index < -0.39 is 0 Å². The number of ether oxygens (including phenoxy) is 1. The van der Waals surface area contributed by atoms with Gasteiger partial charge in [-0.3, -0.25) is 0 Å². The van der Waals surface area contributed by atoms with Gasteiger partial charge in [-0.15, -0.1) is 11.3 Å². The molecule has 3 aromatic carbocycles. The van der Waals surface area contributed by atoms with Gasteiger partial charge in [0.15, 0.2) is 0 Å². The van der Waals surface area contributed by atoms with Gasteiger partial charge < -0.3 is 4.74 Å². The fourth-order valence-corrected chi connectivity index (χ4v) is 4.05. The number of benzene rings is 3. The van der Waals surface area contributed by atoms with E-state index in [1.807, 2.05) is 18.2 Å². The van der Waals surface area contributed by atoms with Crippen LogP contribution in [0.4, 0.5) is 0 Å². The van der Waals surface area contributed by atoms with Crippen molar-refractivity contribution in [2.75, 3.05) is 0 Å². The van der Waals surface area contributed by atoms with Crippen molar-refractivity contribution in [2.45, 2.75) is 0 Å². The molecular weight excluding hydrogens is 336 g/mol. The molecule has 0 atom stereocenters. The summed E-state index contributed by atoms with van der Waals surface area (Å²) in [4.78, 5) is 1.24. The number of thiophene rings is 1. The third-order valence-electron chi connectivity index (χ3n) is 4.59. The summed E-state index contributed by atoms with van der Waals surface area (Å²) in [5.74, 6) is 1.80. The second-order valence-corrected chi connectivity index (χ2v) is 7.23. The summed E-state index contributed by atoms with van der Waals surface area (Å²) < 4.78 is 6.30. The van der Waals surface area contributed by atoms with Crippen LogP contribution in [0.5, 0.6) is 5.75 Å². The van der Waals surface area contributed by atoms with E-state index >= 15 is 0 Å². The van der Waals surface area contributed by atoms with Crippen molar-refractivity contribution in [3.63, 3.8) is 0 Å². The molecule has 1 aliphatic heterocycles. The maximum absolute atomic E-state index is 6.30. The lowest BCUT2D eigenvalue weighted by molar-refractivity contribution is 0.510. The Morgan fingerprint density at radius 3 is 2.46 bits per heavy atom. The van der Waals surface area contributed by atoms with E-state index in [9.17, 15) is 0 Å². The van der Waals surface area contributed by atoms with Crippen molar-refractivity contribution in [1.29, 1.82) is 0 Å². The molecule has 0 fully saturated rings. The van der Waals surface area contributed by atoms with Crippen molar-refractivity contribution in [2.24, 2.45) is 0 Å². The van der Waals surface area contributed by atoms with Crippen molar-refractivity contribution in [1.82, 2.24) is 0 Å². The molecule has 4 aromatic rings. The fourth-order valence-electron chi connectivity index (χ4n) is 3.38. The summed E-state index contributed by atoms with van der Waals surface area (Å²) in [5.41, 5.74) is 3.43. The fraction of sp³-hybridized carbons (Fsp3) is 0. The maximum Gasteiger partial charge on any atom is 0.135 e. The molecule has 1 nitrogen and oxygen atoms in total. The SMILES string of the molecule is C1=C(c2ccccc2)Oc2ccc3ccccc3c2/C1=C/c1cccs1. The lowest BCUT2D eigenvalue weighted by atomic mass is 9.93. The molecule has 0 spiro atoms. The smallest absolute Gasteiger partial charge is 0.135 e. The first-order valence-electron chi connectivity index (χ1n) is 8.61. The molecule has 0 saturated heterocycles. The molecule has 26 heavy (non-hydrogen) atoms. The average Bonchev–Trinajstić information content (AvgIpc) is 3.21. The Hall–Kier alpha value is -3.10. The second kappa shape index (κ2) is 6.32. The number of fused-ring (bicyclic) bond motifs is 3. The molecule has 5 rings (SSSR count). The van der Waals surface area contributed by atoms with Crippen LogP contribution in [0.2, 0.25) is 0 Å². The Morgan fingerprint density at radius 2 is 1.62 bits per heavy atom. The highest BCUT2D eigenvalue weighted by molar-refractivity contribution is 7.10. The minimum Gasteiger partial charge on any atom is -0.456 e. The van der Waals surface area contributed by atoms with E-state index in [4.69, 9.17) is 4.74 Å². The standard InChI is InChI=1S/C24H16OS/c1-2-8-18(9-3-1)23-16-19(15-20-10-6-14-26-20)24-21-11-5-4-7-17(21)12-13-22(24)25-23/h1-16H/b19-15+. The Bertz CT molecular complexity index is 1140. The highest BCUT2D eigenvalue weighted by Gasteiger charge is 2.20. The molecule has 0 amide bonds. The van der Waals surface area contributed by atoms with Crippen LogP contribution in [0.15, 0.2) is 90.3 Å². The molecule has 0 saturated carbocycles. The Kier molecular flexibility index (Phi) is 3.69. The molecule has 1 aromatic heterocycles. The molecular formula is C24H16OS. The monoisotopic (exact) mass is 352 g/mol. The number of allylic oxidation sites excluding steroid dienone is 2. The quantitative estimate of drug-likeness (QED) is 0.382. The third-order valence-corrected chi connectivity index (χ3v) is 5.40. The van der Waals surface area contributed by atoms with Crippen molar-refractivity contribution in [3.05, 3.63) is 106 Å². The minimum absolute atomic E-state index is 0.885. The summed E-state index contributed by atoms with van der Waals surface area (Å²) in [6.07, 6.45) is 4.41. The minimum atomic E-state index is 0.885. The zero-order chi connectivity index (χ0) is 17.3. The van der Waals surface area contributed by atoms with Crippen LogP contribution in [0, 0.1) is 0 Å². The first-order chi connectivity index (χ1) is 12.9. The van der Waals surface area contributed by atoms with Gasteiger partial charge in [0.2, 0.25) is 0 Å². The maximum atomic E-state index is 6.30. The van der Waals surface area contributed by atoms with Crippen molar-refractivity contribution >= 4 is 39.5 Å². The summed E-state index contributed by atoms with van der Waals surface area (Å²) in [6, 6.07) is 27.2. The van der Waals surface area contributed by atoms with Gasteiger partial charge in [-0.2, -0.15) is 0 Å². The molecule has 0 bridgehead atoms. The van der Waals surface area contributed by atoms with Gasteiger partial charge in [0.05, 0.1) is 0 Å². The molecule has 0 aliphatic carbocycles. The van der Waals surface area contributed by atoms with Crippen LogP contribution in [0.25, 0.3) is 28.2 Å². The van der Waals surface area contributed by atoms with Crippen molar-refractivity contribution < 1.29 is 4.74 Å². The highest BCUT2D eigenvalue weighted by Crippen LogP contribution is 2.42. The molecule has 0 unspecified atom stereocenters. The number of rotatable bonds is 2. The van der Waals surface area contributed by atoms with Crippen molar-refractivity contribution in [3.8, 4) is 5.75 Å². The van der Waals surface area contributed by atoms with E-state index in [2.05, 4.69) is 78.2 Å². The second-order valence-electron chi connectivity index (χ2n) is 6.25. The van der Waals surface area contributed by atoms with E-state index in [1.54, 1.807) is 11.3 Å². The van der Waals surface area contributed by atoms with Gasteiger partial charge in [0.25, 0.3) is 0 Å². The Morgan fingerprint density at radius 1 is 0.769 bits per heavy atom. The van der Waals surface area contributed by atoms with E-state index in [1.165, 1.54) is 21.2 Å². The lowest BCUT2D eigenvalue weighted by Gasteiger charge is -2.22. The molecule has 0 radical (unpaired) electrons. The predicted octanol–water partition coefficient (Wildman–Crippen LogP) is 6.88. The molecule has 124 valence electrons. The van der Waals surface area contributed by atoms with E-state index in [0.29, 0.717) is 0 Å². The largest absolute Gasteiger partial charge is 0.456 e. The molecule has 0 N–H and O–H groups in total. The normalized spacial score (nSPS) is 14.8. The van der Waals surface area contributed by atoms with E-state index in [-0.39, 0.29) is 0 Å². The molecule has 2 heteroatoms. The first kappa shape index (κ1) is 15.2. The topological polar surface area (TPSA) is 9.23 Å². The van der Waals surface area contributed by atoms with Gasteiger partial charge in [0.1, 0.15) is 11.5 Å². The first-order valence-corrected chi connectivity index (χ1v) is 9.49. The molecule has 1 aliphatic rings. The van der Waals surface area contributed by atoms with Gasteiger partial charge in [-0.25, -0.2) is 0 Å². The van der Waals surface area contributed by atoms with Crippen LogP contribution in [0.1, 0.15) is 16.0 Å². The Labute approximate surface area is 156 Å². The number of hydrogen-bond acceptors (Lipinski definition) is 2. The van der Waals surface area contributed by atoms with Gasteiger partial charge in [-0.1, -0.05) is 66.7 Å². The van der Waals surface area contributed by atoms with Crippen LogP contribution in [-0.4, -0.2) is 0 Å². The van der Waals surface area contributed by atoms with Gasteiger partial charge >= 0.3 is 0 Å². The van der Waals surface area contributed by atoms with Crippen LogP contribution >= 0.6 is 11.3 Å². The van der Waals surface area contributed by atoms with E-state index in [0.717, 1.165) is 22.6 Å². The zero-order valence-electron chi connectivity index (χ0n) is 14.1. The van der Waals surface area contributed by atoms with Crippen LogP contribution < -0.4 is 4.74 Å². The summed E-state index contributed by atoms with van der Waals surface area (Å²) in [7, 11) is 0. The molecule has 2 heterocycles. The highest BCUT2D eigenvalue weighted by atomic mass is 32.1. The predicted molar refractivity (Wildman–Crippen MR) is 111 cm³/mol. The van der Waals surface area contributed by atoms with Crippen LogP contribution in [0.3, 0.4) is 0 Å². The van der Waals surface area contributed by atoms with Gasteiger partial charge in [-0.05, 0) is 46.0 Å².